The molecule has 1 aromatic rings. The predicted molar refractivity (Wildman–Crippen MR) is 54.7 cm³/mol. The van der Waals surface area contributed by atoms with Gasteiger partial charge >= 0.3 is 0 Å². The van der Waals surface area contributed by atoms with E-state index in [0.29, 0.717) is 5.56 Å². The smallest absolute Gasteiger partial charge is 0.124 e. The molecule has 2 N–H and O–H groups in total. The van der Waals surface area contributed by atoms with E-state index in [1.165, 1.54) is 6.21 Å². The molecule has 0 amide bonds. The third kappa shape index (κ3) is 2.08. The fraction of sp³-hybridized carbons (Fsp3) is 0.364. The van der Waals surface area contributed by atoms with Crippen LogP contribution in [0.2, 0.25) is 0 Å². The molecule has 0 fully saturated rings. The van der Waals surface area contributed by atoms with Crippen molar-refractivity contribution in [1.82, 2.24) is 0 Å². The zero-order valence-corrected chi connectivity index (χ0v) is 8.26. The first-order valence-electron chi connectivity index (χ1n) is 4.29. The van der Waals surface area contributed by atoms with Crippen LogP contribution in [0.1, 0.15) is 31.9 Å². The fourth-order valence-corrected chi connectivity index (χ4v) is 1.14. The second kappa shape index (κ2) is 3.21. The van der Waals surface area contributed by atoms with Crippen molar-refractivity contribution in [3.05, 3.63) is 29.3 Å². The number of hydrogen-bond acceptors (Lipinski definition) is 2. The highest BCUT2D eigenvalue weighted by atomic mass is 16.3. The summed E-state index contributed by atoms with van der Waals surface area (Å²) in [5, 5.41) is 16.5. The van der Waals surface area contributed by atoms with Crippen LogP contribution in [0.25, 0.3) is 0 Å². The maximum absolute atomic E-state index is 9.35. The Bertz CT molecular complexity index is 323. The topological polar surface area (TPSA) is 44.1 Å². The zero-order chi connectivity index (χ0) is 10.1. The van der Waals surface area contributed by atoms with Crippen LogP contribution in [-0.4, -0.2) is 11.3 Å². The molecule has 1 aromatic carbocycles. The minimum atomic E-state index is 0.0610. The van der Waals surface area contributed by atoms with Crippen LogP contribution in [0.5, 0.6) is 5.75 Å². The highest BCUT2D eigenvalue weighted by Gasteiger charge is 2.14. The van der Waals surface area contributed by atoms with E-state index in [1.54, 1.807) is 6.07 Å². The number of rotatable bonds is 1. The Morgan fingerprint density at radius 3 is 2.38 bits per heavy atom. The maximum Gasteiger partial charge on any atom is 0.124 e. The minimum absolute atomic E-state index is 0.0610. The van der Waals surface area contributed by atoms with Crippen molar-refractivity contribution in [2.75, 3.05) is 0 Å². The molecule has 70 valence electrons. The first-order valence-corrected chi connectivity index (χ1v) is 4.29. The van der Waals surface area contributed by atoms with Gasteiger partial charge in [-0.3, -0.25) is 0 Å². The van der Waals surface area contributed by atoms with Gasteiger partial charge in [0, 0.05) is 11.8 Å². The molecule has 0 saturated heterocycles. The van der Waals surface area contributed by atoms with Gasteiger partial charge in [0.15, 0.2) is 0 Å². The average Bonchev–Trinajstić information content (AvgIpc) is 2.03. The average molecular weight is 177 g/mol. The van der Waals surface area contributed by atoms with Crippen molar-refractivity contribution in [2.45, 2.75) is 26.2 Å². The van der Waals surface area contributed by atoms with Crippen molar-refractivity contribution in [3.63, 3.8) is 0 Å². The summed E-state index contributed by atoms with van der Waals surface area (Å²) in [7, 11) is 0. The summed E-state index contributed by atoms with van der Waals surface area (Å²) in [6.45, 7) is 6.31. The predicted octanol–water partition coefficient (Wildman–Crippen LogP) is 2.69. The lowest BCUT2D eigenvalue weighted by atomic mass is 9.86. The number of hydrogen-bond donors (Lipinski definition) is 2. The van der Waals surface area contributed by atoms with Crippen LogP contribution in [-0.2, 0) is 5.41 Å². The first kappa shape index (κ1) is 9.78. The Labute approximate surface area is 78.7 Å². The standard InChI is InChI=1S/C11H15NO/c1-11(2,3)9-4-5-10(13)8(6-9)7-12/h4-7,12-13H,1-3H3. The van der Waals surface area contributed by atoms with Crippen LogP contribution < -0.4 is 0 Å². The lowest BCUT2D eigenvalue weighted by Gasteiger charge is -2.19. The van der Waals surface area contributed by atoms with Gasteiger partial charge in [-0.25, -0.2) is 0 Å². The van der Waals surface area contributed by atoms with Gasteiger partial charge in [0.1, 0.15) is 5.75 Å². The SMILES string of the molecule is CC(C)(C)c1ccc(O)c(C=N)c1. The third-order valence-electron chi connectivity index (χ3n) is 2.05. The molecule has 0 aromatic heterocycles. The number of benzene rings is 1. The van der Waals surface area contributed by atoms with Gasteiger partial charge in [-0.15, -0.1) is 0 Å². The van der Waals surface area contributed by atoms with E-state index in [2.05, 4.69) is 20.8 Å². The molecule has 0 aliphatic heterocycles. The van der Waals surface area contributed by atoms with Gasteiger partial charge in [-0.05, 0) is 23.1 Å². The van der Waals surface area contributed by atoms with Crippen LogP contribution >= 0.6 is 0 Å². The maximum atomic E-state index is 9.35. The van der Waals surface area contributed by atoms with E-state index in [-0.39, 0.29) is 11.2 Å². The molecule has 0 radical (unpaired) electrons. The zero-order valence-electron chi connectivity index (χ0n) is 8.26. The molecule has 2 heteroatoms. The number of phenols is 1. The molecule has 0 saturated carbocycles. The monoisotopic (exact) mass is 177 g/mol. The van der Waals surface area contributed by atoms with Crippen LogP contribution in [0, 0.1) is 5.41 Å². The summed E-state index contributed by atoms with van der Waals surface area (Å²) in [6.07, 6.45) is 1.17. The van der Waals surface area contributed by atoms with Crippen molar-refractivity contribution in [1.29, 1.82) is 5.41 Å². The molecule has 0 heterocycles. The summed E-state index contributed by atoms with van der Waals surface area (Å²) < 4.78 is 0. The van der Waals surface area contributed by atoms with E-state index in [0.717, 1.165) is 5.56 Å². The van der Waals surface area contributed by atoms with Gasteiger partial charge < -0.3 is 10.5 Å². The van der Waals surface area contributed by atoms with Crippen molar-refractivity contribution < 1.29 is 5.11 Å². The molecular formula is C11H15NO. The Morgan fingerprint density at radius 1 is 1.31 bits per heavy atom. The third-order valence-corrected chi connectivity index (χ3v) is 2.05. The second-order valence-corrected chi connectivity index (χ2v) is 4.17. The largest absolute Gasteiger partial charge is 0.507 e. The quantitative estimate of drug-likeness (QED) is 0.636. The molecule has 2 nitrogen and oxygen atoms in total. The molecule has 0 aliphatic rings. The molecule has 0 unspecified atom stereocenters. The Morgan fingerprint density at radius 2 is 1.92 bits per heavy atom. The van der Waals surface area contributed by atoms with Gasteiger partial charge in [0.25, 0.3) is 0 Å². The molecule has 13 heavy (non-hydrogen) atoms. The van der Waals surface area contributed by atoms with Crippen LogP contribution in [0.4, 0.5) is 0 Å². The molecule has 0 spiro atoms. The number of nitrogens with one attached hydrogen (secondary N) is 1. The molecule has 0 bridgehead atoms. The summed E-state index contributed by atoms with van der Waals surface area (Å²) >= 11 is 0. The molecule has 0 aliphatic carbocycles. The Hall–Kier alpha value is -1.31. The number of aromatic hydroxyl groups is 1. The van der Waals surface area contributed by atoms with Gasteiger partial charge in [-0.2, -0.15) is 0 Å². The highest BCUT2D eigenvalue weighted by Crippen LogP contribution is 2.26. The summed E-state index contributed by atoms with van der Waals surface area (Å²) in [4.78, 5) is 0. The van der Waals surface area contributed by atoms with Crippen LogP contribution in [0.15, 0.2) is 18.2 Å². The van der Waals surface area contributed by atoms with E-state index in [4.69, 9.17) is 5.41 Å². The summed E-state index contributed by atoms with van der Waals surface area (Å²) in [6, 6.07) is 5.38. The van der Waals surface area contributed by atoms with E-state index in [9.17, 15) is 5.11 Å². The van der Waals surface area contributed by atoms with Gasteiger partial charge in [-0.1, -0.05) is 26.8 Å². The normalized spacial score (nSPS) is 11.3. The summed E-state index contributed by atoms with van der Waals surface area (Å²) in [5.41, 5.74) is 1.77. The first-order chi connectivity index (χ1) is 5.95. The summed E-state index contributed by atoms with van der Waals surface area (Å²) in [5.74, 6) is 0.169. The van der Waals surface area contributed by atoms with Crippen molar-refractivity contribution in [3.8, 4) is 5.75 Å². The molecular weight excluding hydrogens is 162 g/mol. The van der Waals surface area contributed by atoms with Gasteiger partial charge in [0.05, 0.1) is 0 Å². The van der Waals surface area contributed by atoms with Gasteiger partial charge in [0.2, 0.25) is 0 Å². The van der Waals surface area contributed by atoms with Crippen molar-refractivity contribution in [2.24, 2.45) is 0 Å². The fourth-order valence-electron chi connectivity index (χ4n) is 1.14. The van der Waals surface area contributed by atoms with Crippen molar-refractivity contribution >= 4 is 6.21 Å². The van der Waals surface area contributed by atoms with E-state index in [1.807, 2.05) is 12.1 Å². The minimum Gasteiger partial charge on any atom is -0.507 e. The molecule has 0 atom stereocenters. The Kier molecular flexibility index (Phi) is 2.41. The highest BCUT2D eigenvalue weighted by molar-refractivity contribution is 5.81. The lowest BCUT2D eigenvalue weighted by molar-refractivity contribution is 0.473. The number of phenolic OH excluding ortho intramolecular Hbond substituents is 1. The van der Waals surface area contributed by atoms with E-state index >= 15 is 0 Å². The second-order valence-electron chi connectivity index (χ2n) is 4.17. The lowest BCUT2D eigenvalue weighted by Crippen LogP contribution is -2.11. The van der Waals surface area contributed by atoms with E-state index < -0.39 is 0 Å². The Balaban J connectivity index is 3.21. The van der Waals surface area contributed by atoms with Crippen LogP contribution in [0.3, 0.4) is 0 Å². The molecule has 1 rings (SSSR count).